The first-order chi connectivity index (χ1) is 6.77. The summed E-state index contributed by atoms with van der Waals surface area (Å²) in [6.45, 7) is -0.0873. The third-order valence-electron chi connectivity index (χ3n) is 1.78. The van der Waals surface area contributed by atoms with Crippen molar-refractivity contribution in [2.45, 2.75) is 13.0 Å². The molecule has 0 atom stereocenters. The zero-order valence-electron chi connectivity index (χ0n) is 7.78. The Morgan fingerprint density at radius 3 is 3.00 bits per heavy atom. The molecule has 0 fully saturated rings. The zero-order chi connectivity index (χ0) is 10.4. The Morgan fingerprint density at radius 2 is 2.36 bits per heavy atom. The Bertz CT molecular complexity index is 326. The van der Waals surface area contributed by atoms with Crippen LogP contribution in [-0.2, 0) is 6.61 Å². The van der Waals surface area contributed by atoms with Crippen molar-refractivity contribution in [3.05, 3.63) is 29.5 Å². The third kappa shape index (κ3) is 3.01. The van der Waals surface area contributed by atoms with Crippen LogP contribution >= 0.6 is 11.6 Å². The molecule has 4 heteroatoms. The maximum Gasteiger partial charge on any atom is 0.128 e. The molecule has 0 aliphatic carbocycles. The van der Waals surface area contributed by atoms with Gasteiger partial charge in [-0.2, -0.15) is 0 Å². The van der Waals surface area contributed by atoms with Crippen molar-refractivity contribution in [2.24, 2.45) is 0 Å². The summed E-state index contributed by atoms with van der Waals surface area (Å²) in [5.41, 5.74) is 7.11. The molecule has 0 saturated heterocycles. The number of nitrogens with two attached hydrogens (primary N) is 1. The topological polar surface area (TPSA) is 59.1 Å². The number of allylic oxidation sites excluding steroid dienone is 1. The molecule has 1 aromatic heterocycles. The van der Waals surface area contributed by atoms with Gasteiger partial charge in [-0.3, -0.25) is 0 Å². The Morgan fingerprint density at radius 1 is 1.57 bits per heavy atom. The van der Waals surface area contributed by atoms with Gasteiger partial charge in [0.2, 0.25) is 0 Å². The van der Waals surface area contributed by atoms with Crippen molar-refractivity contribution >= 4 is 23.5 Å². The quantitative estimate of drug-likeness (QED) is 0.749. The summed E-state index contributed by atoms with van der Waals surface area (Å²) in [7, 11) is 0. The number of aromatic nitrogens is 1. The lowest BCUT2D eigenvalue weighted by Crippen LogP contribution is -1.97. The molecule has 76 valence electrons. The van der Waals surface area contributed by atoms with E-state index in [1.165, 1.54) is 0 Å². The Labute approximate surface area is 88.2 Å². The maximum absolute atomic E-state index is 8.95. The molecule has 0 unspecified atom stereocenters. The lowest BCUT2D eigenvalue weighted by atomic mass is 10.2. The van der Waals surface area contributed by atoms with Crippen LogP contribution in [0.1, 0.15) is 17.5 Å². The molecule has 0 aliphatic rings. The first kappa shape index (κ1) is 11.0. The number of nitrogen functional groups attached to an aromatic ring is 1. The van der Waals surface area contributed by atoms with Gasteiger partial charge >= 0.3 is 0 Å². The van der Waals surface area contributed by atoms with Crippen LogP contribution < -0.4 is 5.73 Å². The number of alkyl halides is 1. The summed E-state index contributed by atoms with van der Waals surface area (Å²) in [5.74, 6) is 0.980. The number of hydrogen-bond acceptors (Lipinski definition) is 3. The van der Waals surface area contributed by atoms with Crippen LogP contribution in [0.25, 0.3) is 6.08 Å². The first-order valence-corrected chi connectivity index (χ1v) is 4.89. The van der Waals surface area contributed by atoms with Crippen LogP contribution in [-0.4, -0.2) is 16.0 Å². The van der Waals surface area contributed by atoms with E-state index in [0.717, 1.165) is 12.0 Å². The Hall–Kier alpha value is -1.06. The summed E-state index contributed by atoms with van der Waals surface area (Å²) in [6.07, 6.45) is 6.36. The zero-order valence-corrected chi connectivity index (χ0v) is 8.54. The smallest absolute Gasteiger partial charge is 0.128 e. The highest BCUT2D eigenvalue weighted by Crippen LogP contribution is 2.12. The molecule has 0 amide bonds. The monoisotopic (exact) mass is 212 g/mol. The van der Waals surface area contributed by atoms with Gasteiger partial charge in [-0.15, -0.1) is 11.6 Å². The molecule has 0 bridgehead atoms. The highest BCUT2D eigenvalue weighted by atomic mass is 35.5. The van der Waals surface area contributed by atoms with Gasteiger partial charge in [0.1, 0.15) is 5.82 Å². The molecule has 0 saturated carbocycles. The standard InChI is InChI=1S/C10H13ClN2O/c11-4-2-1-3-8-5-9(7-14)10(12)13-6-8/h1,3,5-6,14H,2,4,7H2,(H2,12,13). The predicted octanol–water partition coefficient (Wildman–Crippen LogP) is 1.80. The minimum atomic E-state index is -0.0873. The van der Waals surface area contributed by atoms with E-state index in [0.29, 0.717) is 17.3 Å². The first-order valence-electron chi connectivity index (χ1n) is 4.35. The number of aliphatic hydroxyl groups excluding tert-OH is 1. The molecule has 1 aromatic rings. The van der Waals surface area contributed by atoms with E-state index in [1.54, 1.807) is 6.20 Å². The molecule has 1 heterocycles. The van der Waals surface area contributed by atoms with Gasteiger partial charge in [0.25, 0.3) is 0 Å². The molecule has 3 N–H and O–H groups in total. The van der Waals surface area contributed by atoms with E-state index in [4.69, 9.17) is 22.4 Å². The van der Waals surface area contributed by atoms with Gasteiger partial charge in [-0.1, -0.05) is 12.2 Å². The molecular formula is C10H13ClN2O. The molecule has 3 nitrogen and oxygen atoms in total. The lowest BCUT2D eigenvalue weighted by Gasteiger charge is -2.01. The Kier molecular flexibility index (Phi) is 4.43. The van der Waals surface area contributed by atoms with Crippen molar-refractivity contribution in [3.63, 3.8) is 0 Å². The number of anilines is 1. The normalized spacial score (nSPS) is 11.0. The summed E-state index contributed by atoms with van der Waals surface area (Å²) in [6, 6.07) is 1.81. The number of halogens is 1. The fourth-order valence-electron chi connectivity index (χ4n) is 1.04. The predicted molar refractivity (Wildman–Crippen MR) is 58.9 cm³/mol. The molecule has 1 rings (SSSR count). The second-order valence-corrected chi connectivity index (χ2v) is 3.23. The van der Waals surface area contributed by atoms with Crippen molar-refractivity contribution in [3.8, 4) is 0 Å². The van der Waals surface area contributed by atoms with Crippen molar-refractivity contribution in [1.29, 1.82) is 0 Å². The van der Waals surface area contributed by atoms with Gasteiger partial charge in [0, 0.05) is 17.6 Å². The van der Waals surface area contributed by atoms with Crippen LogP contribution in [0.4, 0.5) is 5.82 Å². The third-order valence-corrected chi connectivity index (χ3v) is 2.00. The van der Waals surface area contributed by atoms with Crippen molar-refractivity contribution in [2.75, 3.05) is 11.6 Å². The highest BCUT2D eigenvalue weighted by molar-refractivity contribution is 6.17. The summed E-state index contributed by atoms with van der Waals surface area (Å²) in [4.78, 5) is 3.96. The van der Waals surface area contributed by atoms with E-state index < -0.39 is 0 Å². The Balaban J connectivity index is 2.79. The number of nitrogens with zero attached hydrogens (tertiary/aromatic N) is 1. The summed E-state index contributed by atoms with van der Waals surface area (Å²) < 4.78 is 0. The second-order valence-electron chi connectivity index (χ2n) is 2.85. The fraction of sp³-hybridized carbons (Fsp3) is 0.300. The number of aliphatic hydroxyl groups is 1. The number of pyridine rings is 1. The molecule has 14 heavy (non-hydrogen) atoms. The van der Waals surface area contributed by atoms with Crippen LogP contribution in [0.15, 0.2) is 18.3 Å². The van der Waals surface area contributed by atoms with Gasteiger partial charge < -0.3 is 10.8 Å². The van der Waals surface area contributed by atoms with Crippen LogP contribution in [0.3, 0.4) is 0 Å². The second kappa shape index (κ2) is 5.62. The van der Waals surface area contributed by atoms with E-state index >= 15 is 0 Å². The number of rotatable bonds is 4. The number of hydrogen-bond donors (Lipinski definition) is 2. The average Bonchev–Trinajstić information content (AvgIpc) is 2.21. The van der Waals surface area contributed by atoms with E-state index in [9.17, 15) is 0 Å². The molecule has 0 aromatic carbocycles. The van der Waals surface area contributed by atoms with Gasteiger partial charge in [-0.25, -0.2) is 4.98 Å². The lowest BCUT2D eigenvalue weighted by molar-refractivity contribution is 0.282. The maximum atomic E-state index is 8.95. The van der Waals surface area contributed by atoms with Crippen molar-refractivity contribution < 1.29 is 5.11 Å². The van der Waals surface area contributed by atoms with Crippen LogP contribution in [0.5, 0.6) is 0 Å². The fourth-order valence-corrected chi connectivity index (χ4v) is 1.17. The minimum Gasteiger partial charge on any atom is -0.392 e. The van der Waals surface area contributed by atoms with E-state index in [1.807, 2.05) is 18.2 Å². The minimum absolute atomic E-state index is 0.0873. The van der Waals surface area contributed by atoms with Gasteiger partial charge in [-0.05, 0) is 18.1 Å². The SMILES string of the molecule is Nc1ncc(C=CCCCl)cc1CO. The highest BCUT2D eigenvalue weighted by Gasteiger charge is 1.98. The van der Waals surface area contributed by atoms with E-state index in [2.05, 4.69) is 4.98 Å². The van der Waals surface area contributed by atoms with Crippen molar-refractivity contribution in [1.82, 2.24) is 4.98 Å². The summed E-state index contributed by atoms with van der Waals surface area (Å²) in [5, 5.41) is 8.95. The molecule has 0 radical (unpaired) electrons. The van der Waals surface area contributed by atoms with Crippen LogP contribution in [0.2, 0.25) is 0 Å². The van der Waals surface area contributed by atoms with Gasteiger partial charge in [0.05, 0.1) is 6.61 Å². The van der Waals surface area contributed by atoms with Gasteiger partial charge in [0.15, 0.2) is 0 Å². The molecule has 0 spiro atoms. The van der Waals surface area contributed by atoms with E-state index in [-0.39, 0.29) is 6.61 Å². The largest absolute Gasteiger partial charge is 0.392 e. The summed E-state index contributed by atoms with van der Waals surface area (Å²) >= 11 is 5.52. The molecule has 0 aliphatic heterocycles. The molecular weight excluding hydrogens is 200 g/mol. The van der Waals surface area contributed by atoms with Crippen LogP contribution in [0, 0.1) is 0 Å². The average molecular weight is 213 g/mol.